The van der Waals surface area contributed by atoms with Crippen molar-refractivity contribution in [2.24, 2.45) is 0 Å². The van der Waals surface area contributed by atoms with E-state index in [1.165, 1.54) is 5.56 Å². The van der Waals surface area contributed by atoms with Crippen molar-refractivity contribution in [2.45, 2.75) is 32.8 Å². The summed E-state index contributed by atoms with van der Waals surface area (Å²) in [5.74, 6) is 1.18. The highest BCUT2D eigenvalue weighted by Crippen LogP contribution is 2.28. The van der Waals surface area contributed by atoms with Gasteiger partial charge in [0.2, 0.25) is 0 Å². The Labute approximate surface area is 130 Å². The molecule has 3 rings (SSSR count). The molecule has 114 valence electrons. The molecule has 1 unspecified atom stereocenters. The summed E-state index contributed by atoms with van der Waals surface area (Å²) < 4.78 is 1.84. The Morgan fingerprint density at radius 1 is 1.23 bits per heavy atom. The number of aliphatic hydroxyl groups is 1. The summed E-state index contributed by atoms with van der Waals surface area (Å²) in [5.41, 5.74) is 10.9. The van der Waals surface area contributed by atoms with Crippen LogP contribution in [0.25, 0.3) is 16.9 Å². The topological polar surface area (TPSA) is 63.5 Å². The smallest absolute Gasteiger partial charge is 0.139 e. The molecule has 22 heavy (non-hydrogen) atoms. The third kappa shape index (κ3) is 2.46. The first kappa shape index (κ1) is 14.6. The lowest BCUT2D eigenvalue weighted by Crippen LogP contribution is -1.95. The largest absolute Gasteiger partial charge is 0.392 e. The first-order valence-electron chi connectivity index (χ1n) is 7.61. The van der Waals surface area contributed by atoms with Crippen LogP contribution in [0.2, 0.25) is 0 Å². The third-order valence-corrected chi connectivity index (χ3v) is 4.28. The van der Waals surface area contributed by atoms with E-state index in [2.05, 4.69) is 43.1 Å². The third-order valence-electron chi connectivity index (χ3n) is 4.28. The second kappa shape index (κ2) is 5.81. The van der Waals surface area contributed by atoms with Crippen LogP contribution in [0.5, 0.6) is 0 Å². The molecule has 0 bridgehead atoms. The maximum atomic E-state index is 9.23. The lowest BCUT2D eigenvalue weighted by molar-refractivity contribution is 0.282. The number of nitrogens with zero attached hydrogens (tertiary/aromatic N) is 2. The van der Waals surface area contributed by atoms with Gasteiger partial charge in [0.25, 0.3) is 0 Å². The fourth-order valence-electron chi connectivity index (χ4n) is 2.62. The van der Waals surface area contributed by atoms with Crippen molar-refractivity contribution in [1.82, 2.24) is 9.38 Å². The van der Waals surface area contributed by atoms with Crippen molar-refractivity contribution >= 4 is 11.5 Å². The standard InChI is InChI=1S/C18H21N3O/c1-3-12(2)14-4-6-15(7-5-14)17-18(19)21-9-8-13(11-22)10-16(21)20-17/h4-10,12,22H,3,11,19H2,1-2H3. The maximum Gasteiger partial charge on any atom is 0.139 e. The van der Waals surface area contributed by atoms with Crippen LogP contribution in [-0.2, 0) is 6.61 Å². The lowest BCUT2D eigenvalue weighted by atomic mass is 9.97. The van der Waals surface area contributed by atoms with Crippen LogP contribution in [0, 0.1) is 0 Å². The number of hydrogen-bond acceptors (Lipinski definition) is 3. The van der Waals surface area contributed by atoms with Gasteiger partial charge in [-0.2, -0.15) is 0 Å². The molecule has 4 heteroatoms. The number of nitrogen functional groups attached to an aromatic ring is 1. The van der Waals surface area contributed by atoms with Crippen molar-refractivity contribution in [3.8, 4) is 11.3 Å². The molecule has 0 aliphatic heterocycles. The minimum atomic E-state index is 0.00218. The number of anilines is 1. The highest BCUT2D eigenvalue weighted by atomic mass is 16.3. The summed E-state index contributed by atoms with van der Waals surface area (Å²) >= 11 is 0. The average Bonchev–Trinajstić information content (AvgIpc) is 2.90. The van der Waals surface area contributed by atoms with Gasteiger partial charge >= 0.3 is 0 Å². The van der Waals surface area contributed by atoms with Gasteiger partial charge in [-0.15, -0.1) is 0 Å². The summed E-state index contributed by atoms with van der Waals surface area (Å²) in [6, 6.07) is 12.1. The molecule has 2 heterocycles. The van der Waals surface area contributed by atoms with Gasteiger partial charge in [-0.05, 0) is 35.6 Å². The Bertz CT molecular complexity index is 790. The fraction of sp³-hybridized carbons (Fsp3) is 0.278. The van der Waals surface area contributed by atoms with E-state index in [0.717, 1.165) is 28.9 Å². The predicted octanol–water partition coefficient (Wildman–Crippen LogP) is 3.59. The number of rotatable bonds is 4. The van der Waals surface area contributed by atoms with Crippen LogP contribution >= 0.6 is 0 Å². The molecule has 0 fully saturated rings. The van der Waals surface area contributed by atoms with E-state index in [9.17, 15) is 5.11 Å². The molecule has 0 radical (unpaired) electrons. The SMILES string of the molecule is CCC(C)c1ccc(-c2nc3cc(CO)ccn3c2N)cc1. The summed E-state index contributed by atoms with van der Waals surface area (Å²) in [4.78, 5) is 4.61. The number of pyridine rings is 1. The minimum Gasteiger partial charge on any atom is -0.392 e. The molecule has 3 N–H and O–H groups in total. The molecular weight excluding hydrogens is 274 g/mol. The van der Waals surface area contributed by atoms with Crippen LogP contribution in [0.4, 0.5) is 5.82 Å². The highest BCUT2D eigenvalue weighted by molar-refractivity contribution is 5.75. The van der Waals surface area contributed by atoms with Gasteiger partial charge in [0.15, 0.2) is 0 Å². The van der Waals surface area contributed by atoms with Crippen molar-refractivity contribution in [1.29, 1.82) is 0 Å². The molecular formula is C18H21N3O. The number of imidazole rings is 1. The van der Waals surface area contributed by atoms with Crippen LogP contribution in [-0.4, -0.2) is 14.5 Å². The zero-order valence-corrected chi connectivity index (χ0v) is 13.0. The second-order valence-electron chi connectivity index (χ2n) is 5.70. The Balaban J connectivity index is 2.04. The van der Waals surface area contributed by atoms with Crippen LogP contribution in [0.15, 0.2) is 42.6 Å². The van der Waals surface area contributed by atoms with Crippen molar-refractivity contribution in [3.05, 3.63) is 53.7 Å². The van der Waals surface area contributed by atoms with Gasteiger partial charge in [0.1, 0.15) is 17.2 Å². The predicted molar refractivity (Wildman–Crippen MR) is 89.7 cm³/mol. The number of hydrogen-bond donors (Lipinski definition) is 2. The maximum absolute atomic E-state index is 9.23. The van der Waals surface area contributed by atoms with Crippen LogP contribution in [0.3, 0.4) is 0 Å². The van der Waals surface area contributed by atoms with E-state index < -0.39 is 0 Å². The Morgan fingerprint density at radius 3 is 2.59 bits per heavy atom. The van der Waals surface area contributed by atoms with E-state index in [1.807, 2.05) is 22.7 Å². The number of nitrogens with two attached hydrogens (primary N) is 1. The molecule has 4 nitrogen and oxygen atoms in total. The van der Waals surface area contributed by atoms with Crippen LogP contribution in [0.1, 0.15) is 37.3 Å². The van der Waals surface area contributed by atoms with Gasteiger partial charge in [-0.25, -0.2) is 4.98 Å². The molecule has 0 saturated heterocycles. The minimum absolute atomic E-state index is 0.00218. The summed E-state index contributed by atoms with van der Waals surface area (Å²) in [5, 5.41) is 9.23. The first-order valence-corrected chi connectivity index (χ1v) is 7.61. The summed E-state index contributed by atoms with van der Waals surface area (Å²) in [6.07, 6.45) is 2.97. The summed E-state index contributed by atoms with van der Waals surface area (Å²) in [7, 11) is 0. The second-order valence-corrected chi connectivity index (χ2v) is 5.70. The van der Waals surface area contributed by atoms with Crippen molar-refractivity contribution in [3.63, 3.8) is 0 Å². The highest BCUT2D eigenvalue weighted by Gasteiger charge is 2.12. The monoisotopic (exact) mass is 295 g/mol. The van der Waals surface area contributed by atoms with E-state index in [0.29, 0.717) is 11.7 Å². The quantitative estimate of drug-likeness (QED) is 0.773. The Morgan fingerprint density at radius 2 is 1.95 bits per heavy atom. The number of benzene rings is 1. The van der Waals surface area contributed by atoms with Crippen molar-refractivity contribution in [2.75, 3.05) is 5.73 Å². The van der Waals surface area contributed by atoms with E-state index in [1.54, 1.807) is 0 Å². The molecule has 0 spiro atoms. The molecule has 0 aliphatic rings. The van der Waals surface area contributed by atoms with Gasteiger partial charge in [0, 0.05) is 11.8 Å². The summed E-state index contributed by atoms with van der Waals surface area (Å²) in [6.45, 7) is 4.42. The van der Waals surface area contributed by atoms with E-state index in [-0.39, 0.29) is 6.61 Å². The average molecular weight is 295 g/mol. The van der Waals surface area contributed by atoms with Gasteiger partial charge in [-0.1, -0.05) is 38.1 Å². The molecule has 1 atom stereocenters. The van der Waals surface area contributed by atoms with Gasteiger partial charge < -0.3 is 10.8 Å². The number of aliphatic hydroxyl groups excluding tert-OH is 1. The molecule has 0 saturated carbocycles. The van der Waals surface area contributed by atoms with Crippen molar-refractivity contribution < 1.29 is 5.11 Å². The molecule has 0 amide bonds. The van der Waals surface area contributed by atoms with Gasteiger partial charge in [-0.3, -0.25) is 4.40 Å². The normalized spacial score (nSPS) is 12.7. The van der Waals surface area contributed by atoms with E-state index >= 15 is 0 Å². The molecule has 0 aliphatic carbocycles. The Kier molecular flexibility index (Phi) is 3.86. The zero-order valence-electron chi connectivity index (χ0n) is 13.0. The first-order chi connectivity index (χ1) is 10.6. The molecule has 1 aromatic carbocycles. The molecule has 3 aromatic rings. The molecule has 2 aromatic heterocycles. The Hall–Kier alpha value is -2.33. The fourth-order valence-corrected chi connectivity index (χ4v) is 2.62. The lowest BCUT2D eigenvalue weighted by Gasteiger charge is -2.09. The number of aromatic nitrogens is 2. The van der Waals surface area contributed by atoms with Gasteiger partial charge in [0.05, 0.1) is 6.61 Å². The zero-order chi connectivity index (χ0) is 15.7. The number of fused-ring (bicyclic) bond motifs is 1. The van der Waals surface area contributed by atoms with E-state index in [4.69, 9.17) is 5.73 Å². The van der Waals surface area contributed by atoms with Crippen LogP contribution < -0.4 is 5.73 Å².